The minimum atomic E-state index is -4.93. The number of aromatic hydroxyl groups is 1. The average Bonchev–Trinajstić information content (AvgIpc) is 2.35. The Hall–Kier alpha value is -2.00. The molecule has 0 saturated heterocycles. The first-order chi connectivity index (χ1) is 9.65. The van der Waals surface area contributed by atoms with E-state index < -0.39 is 36.0 Å². The number of ether oxygens (including phenoxy) is 2. The topological polar surface area (TPSA) is 96.2 Å². The van der Waals surface area contributed by atoms with Gasteiger partial charge < -0.3 is 24.8 Å². The van der Waals surface area contributed by atoms with E-state index in [0.29, 0.717) is 6.07 Å². The van der Waals surface area contributed by atoms with Gasteiger partial charge in [0.15, 0.2) is 6.10 Å². The zero-order valence-corrected chi connectivity index (χ0v) is 10.8. The van der Waals surface area contributed by atoms with E-state index in [0.717, 1.165) is 12.1 Å². The van der Waals surface area contributed by atoms with Crippen molar-refractivity contribution >= 4 is 5.97 Å². The molecule has 0 aromatic heterocycles. The molecule has 3 N–H and O–H groups in total. The standard InChI is InChI=1S/C12H13F3O6/c1-2-20-11(19)10(18)9(17)7-4-3-6(5-8(7)16)21-12(13,14)15/h3-5,9-10,16-18H,2H2,1H3. The third-order valence-electron chi connectivity index (χ3n) is 2.38. The van der Waals surface area contributed by atoms with Crippen molar-refractivity contribution in [3.63, 3.8) is 0 Å². The van der Waals surface area contributed by atoms with Crippen molar-refractivity contribution in [1.82, 2.24) is 0 Å². The number of rotatable bonds is 5. The fraction of sp³-hybridized carbons (Fsp3) is 0.417. The quantitative estimate of drug-likeness (QED) is 0.708. The number of esters is 1. The van der Waals surface area contributed by atoms with Gasteiger partial charge in [0.25, 0.3) is 0 Å². The summed E-state index contributed by atoms with van der Waals surface area (Å²) in [7, 11) is 0. The van der Waals surface area contributed by atoms with Crippen LogP contribution < -0.4 is 4.74 Å². The lowest BCUT2D eigenvalue weighted by Gasteiger charge is -2.18. The molecule has 0 fully saturated rings. The monoisotopic (exact) mass is 310 g/mol. The van der Waals surface area contributed by atoms with E-state index in [9.17, 15) is 33.3 Å². The van der Waals surface area contributed by atoms with Crippen molar-refractivity contribution in [1.29, 1.82) is 0 Å². The minimum absolute atomic E-state index is 0.0348. The molecule has 0 radical (unpaired) electrons. The summed E-state index contributed by atoms with van der Waals surface area (Å²) in [6, 6.07) is 2.32. The summed E-state index contributed by atoms with van der Waals surface area (Å²) in [6.07, 6.45) is -8.77. The Labute approximate surface area is 117 Å². The van der Waals surface area contributed by atoms with Crippen LogP contribution in [-0.4, -0.2) is 40.4 Å². The smallest absolute Gasteiger partial charge is 0.507 e. The predicted molar refractivity (Wildman–Crippen MR) is 62.4 cm³/mol. The molecule has 21 heavy (non-hydrogen) atoms. The van der Waals surface area contributed by atoms with Crippen molar-refractivity contribution in [2.75, 3.05) is 6.61 Å². The first-order valence-electron chi connectivity index (χ1n) is 5.77. The molecule has 1 aromatic rings. The summed E-state index contributed by atoms with van der Waals surface area (Å²) < 4.78 is 44.0. The van der Waals surface area contributed by atoms with Crippen LogP contribution in [-0.2, 0) is 9.53 Å². The van der Waals surface area contributed by atoms with Gasteiger partial charge in [-0.3, -0.25) is 0 Å². The molecule has 0 aliphatic carbocycles. The fourth-order valence-corrected chi connectivity index (χ4v) is 1.50. The SMILES string of the molecule is CCOC(=O)C(O)C(O)c1ccc(OC(F)(F)F)cc1O. The molecule has 1 aromatic carbocycles. The van der Waals surface area contributed by atoms with Crippen molar-refractivity contribution in [3.8, 4) is 11.5 Å². The molecule has 118 valence electrons. The van der Waals surface area contributed by atoms with Gasteiger partial charge in [-0.1, -0.05) is 0 Å². The number of benzene rings is 1. The maximum atomic E-state index is 12.0. The molecular weight excluding hydrogens is 297 g/mol. The lowest BCUT2D eigenvalue weighted by molar-refractivity contribution is -0.274. The zero-order valence-electron chi connectivity index (χ0n) is 10.8. The number of phenols is 1. The summed E-state index contributed by atoms with van der Waals surface area (Å²) in [5, 5.41) is 28.8. The number of halogens is 3. The number of hydrogen-bond donors (Lipinski definition) is 3. The number of phenolic OH excluding ortho intramolecular Hbond substituents is 1. The van der Waals surface area contributed by atoms with Gasteiger partial charge in [0.2, 0.25) is 0 Å². The lowest BCUT2D eigenvalue weighted by Crippen LogP contribution is -2.30. The van der Waals surface area contributed by atoms with Gasteiger partial charge in [0.1, 0.15) is 17.6 Å². The Kier molecular flexibility index (Phi) is 5.39. The second-order valence-electron chi connectivity index (χ2n) is 3.91. The zero-order chi connectivity index (χ0) is 16.2. The fourth-order valence-electron chi connectivity index (χ4n) is 1.50. The van der Waals surface area contributed by atoms with E-state index in [2.05, 4.69) is 9.47 Å². The van der Waals surface area contributed by atoms with Crippen molar-refractivity contribution < 1.29 is 42.8 Å². The maximum absolute atomic E-state index is 12.0. The van der Waals surface area contributed by atoms with Gasteiger partial charge in [0.05, 0.1) is 6.61 Å². The number of alkyl halides is 3. The molecule has 0 heterocycles. The van der Waals surface area contributed by atoms with Gasteiger partial charge >= 0.3 is 12.3 Å². The van der Waals surface area contributed by atoms with Crippen LogP contribution in [0.25, 0.3) is 0 Å². The van der Waals surface area contributed by atoms with Gasteiger partial charge in [-0.2, -0.15) is 0 Å². The Morgan fingerprint density at radius 1 is 1.33 bits per heavy atom. The summed E-state index contributed by atoms with van der Waals surface area (Å²) in [6.45, 7) is 1.45. The van der Waals surface area contributed by atoms with Crippen LogP contribution in [0.3, 0.4) is 0 Å². The third-order valence-corrected chi connectivity index (χ3v) is 2.38. The van der Waals surface area contributed by atoms with E-state index in [-0.39, 0.29) is 12.2 Å². The van der Waals surface area contributed by atoms with Crippen LogP contribution in [0.1, 0.15) is 18.6 Å². The number of carbonyl (C=O) groups is 1. The van der Waals surface area contributed by atoms with Crippen LogP contribution in [0.15, 0.2) is 18.2 Å². The van der Waals surface area contributed by atoms with Gasteiger partial charge in [-0.05, 0) is 19.1 Å². The average molecular weight is 310 g/mol. The largest absolute Gasteiger partial charge is 0.573 e. The Morgan fingerprint density at radius 3 is 2.43 bits per heavy atom. The second kappa shape index (κ2) is 6.64. The van der Waals surface area contributed by atoms with Crippen LogP contribution in [0.2, 0.25) is 0 Å². The molecule has 0 spiro atoms. The predicted octanol–water partition coefficient (Wildman–Crippen LogP) is 1.25. The molecule has 0 aliphatic rings. The molecule has 6 nitrogen and oxygen atoms in total. The Bertz CT molecular complexity index is 502. The number of aliphatic hydroxyl groups excluding tert-OH is 2. The van der Waals surface area contributed by atoms with Crippen molar-refractivity contribution in [2.45, 2.75) is 25.5 Å². The van der Waals surface area contributed by atoms with Crippen molar-refractivity contribution in [2.24, 2.45) is 0 Å². The van der Waals surface area contributed by atoms with E-state index >= 15 is 0 Å². The number of carbonyl (C=O) groups excluding carboxylic acids is 1. The number of hydrogen-bond acceptors (Lipinski definition) is 6. The summed E-state index contributed by atoms with van der Waals surface area (Å²) in [4.78, 5) is 11.2. The highest BCUT2D eigenvalue weighted by atomic mass is 19.4. The van der Waals surface area contributed by atoms with Crippen LogP contribution >= 0.6 is 0 Å². The molecular formula is C12H13F3O6. The van der Waals surface area contributed by atoms with Crippen molar-refractivity contribution in [3.05, 3.63) is 23.8 Å². The summed E-state index contributed by atoms with van der Waals surface area (Å²) in [5.41, 5.74) is -0.343. The summed E-state index contributed by atoms with van der Waals surface area (Å²) >= 11 is 0. The Morgan fingerprint density at radius 2 is 1.95 bits per heavy atom. The normalized spacial score (nSPS) is 14.4. The third kappa shape index (κ3) is 4.80. The van der Waals surface area contributed by atoms with E-state index in [1.54, 1.807) is 0 Å². The lowest BCUT2D eigenvalue weighted by atomic mass is 10.0. The first-order valence-corrected chi connectivity index (χ1v) is 5.77. The molecule has 0 saturated carbocycles. The highest BCUT2D eigenvalue weighted by molar-refractivity contribution is 5.75. The molecule has 0 aliphatic heterocycles. The number of aliphatic hydroxyl groups is 2. The maximum Gasteiger partial charge on any atom is 0.573 e. The molecule has 9 heteroatoms. The van der Waals surface area contributed by atoms with Gasteiger partial charge in [0, 0.05) is 11.6 Å². The molecule has 0 amide bonds. The highest BCUT2D eigenvalue weighted by Crippen LogP contribution is 2.32. The van der Waals surface area contributed by atoms with E-state index in [1.165, 1.54) is 6.92 Å². The first kappa shape index (κ1) is 17.1. The molecule has 2 atom stereocenters. The van der Waals surface area contributed by atoms with Crippen LogP contribution in [0.5, 0.6) is 11.5 Å². The molecule has 1 rings (SSSR count). The molecule has 0 bridgehead atoms. The van der Waals surface area contributed by atoms with Gasteiger partial charge in [-0.15, -0.1) is 13.2 Å². The van der Waals surface area contributed by atoms with Crippen LogP contribution in [0, 0.1) is 0 Å². The van der Waals surface area contributed by atoms with Crippen LogP contribution in [0.4, 0.5) is 13.2 Å². The van der Waals surface area contributed by atoms with Gasteiger partial charge in [-0.25, -0.2) is 4.79 Å². The minimum Gasteiger partial charge on any atom is -0.507 e. The van der Waals surface area contributed by atoms with E-state index in [4.69, 9.17) is 0 Å². The summed E-state index contributed by atoms with van der Waals surface area (Å²) in [5.74, 6) is -2.60. The van der Waals surface area contributed by atoms with E-state index in [1.807, 2.05) is 0 Å². The second-order valence-corrected chi connectivity index (χ2v) is 3.91. The molecule has 2 unspecified atom stereocenters. The Balaban J connectivity index is 2.91. The highest BCUT2D eigenvalue weighted by Gasteiger charge is 2.32.